The first-order valence-corrected chi connectivity index (χ1v) is 19.2. The highest BCUT2D eigenvalue weighted by atomic mass is 19.4. The first-order valence-electron chi connectivity index (χ1n) is 19.2. The minimum Gasteiger partial charge on any atom is -0.379 e. The molecule has 1 saturated heterocycles. The maximum atomic E-state index is 13.2. The monoisotopic (exact) mass is 844 g/mol. The van der Waals surface area contributed by atoms with Crippen LogP contribution >= 0.6 is 0 Å². The highest BCUT2D eigenvalue weighted by molar-refractivity contribution is 6.26. The summed E-state index contributed by atoms with van der Waals surface area (Å²) in [7, 11) is 1.72. The van der Waals surface area contributed by atoms with Gasteiger partial charge in [-0.15, -0.1) is 0 Å². The Morgan fingerprint density at radius 2 is 1.56 bits per heavy atom. The second-order valence-electron chi connectivity index (χ2n) is 14.2. The molecule has 0 aliphatic carbocycles. The van der Waals surface area contributed by atoms with E-state index < -0.39 is 47.3 Å². The van der Waals surface area contributed by atoms with Crippen LogP contribution < -0.4 is 21.3 Å². The van der Waals surface area contributed by atoms with E-state index in [-0.39, 0.29) is 93.8 Å². The number of imide groups is 2. The maximum absolute atomic E-state index is 13.2. The highest BCUT2D eigenvalue weighted by Gasteiger charge is 2.45. The molecular weight excluding hydrogens is 805 g/mol. The topological polar surface area (TPSA) is 212 Å². The van der Waals surface area contributed by atoms with Crippen LogP contribution in [-0.4, -0.2) is 106 Å². The molecule has 2 aromatic heterocycles. The van der Waals surface area contributed by atoms with Crippen LogP contribution in [0, 0.1) is 0 Å². The lowest BCUT2D eigenvalue weighted by atomic mass is 10.0. The fourth-order valence-electron chi connectivity index (χ4n) is 7.15. The van der Waals surface area contributed by atoms with Crippen LogP contribution in [0.25, 0.3) is 27.6 Å². The van der Waals surface area contributed by atoms with E-state index in [0.717, 1.165) is 17.0 Å². The average molecular weight is 845 g/mol. The molecule has 3 aromatic carbocycles. The van der Waals surface area contributed by atoms with E-state index in [9.17, 15) is 46.7 Å². The quantitative estimate of drug-likeness (QED) is 0.0842. The molecule has 2 aliphatic heterocycles. The fraction of sp³-hybridized carbons (Fsp3) is 0.317. The number of aromatic nitrogens is 3. The Morgan fingerprint density at radius 3 is 2.26 bits per heavy atom. The molecule has 20 heteroatoms. The summed E-state index contributed by atoms with van der Waals surface area (Å²) in [6, 6.07) is 13.0. The number of fused-ring (bicyclic) bond motifs is 4. The summed E-state index contributed by atoms with van der Waals surface area (Å²) in [5.41, 5.74) is 1.35. The van der Waals surface area contributed by atoms with Crippen molar-refractivity contribution in [1.29, 1.82) is 0 Å². The molecule has 0 spiro atoms. The molecular formula is C41H39F3N8O9. The number of piperidine rings is 1. The lowest BCUT2D eigenvalue weighted by Crippen LogP contribution is -2.54. The number of amides is 7. The normalized spacial score (nSPS) is 15.3. The molecule has 61 heavy (non-hydrogen) atoms. The van der Waals surface area contributed by atoms with E-state index in [1.54, 1.807) is 40.7 Å². The molecule has 4 N–H and O–H groups in total. The summed E-state index contributed by atoms with van der Waals surface area (Å²) in [5.74, 6) is -3.82. The van der Waals surface area contributed by atoms with Gasteiger partial charge in [-0.3, -0.25) is 53.0 Å². The van der Waals surface area contributed by atoms with Crippen molar-refractivity contribution in [1.82, 2.24) is 35.2 Å². The fourth-order valence-corrected chi connectivity index (χ4v) is 7.15. The molecule has 7 rings (SSSR count). The van der Waals surface area contributed by atoms with E-state index in [4.69, 9.17) is 9.47 Å². The molecule has 1 unspecified atom stereocenters. The predicted molar refractivity (Wildman–Crippen MR) is 211 cm³/mol. The molecule has 0 saturated carbocycles. The third kappa shape index (κ3) is 9.14. The van der Waals surface area contributed by atoms with Crippen molar-refractivity contribution in [3.8, 4) is 5.69 Å². The third-order valence-corrected chi connectivity index (χ3v) is 10.1. The van der Waals surface area contributed by atoms with Gasteiger partial charge in [0.2, 0.25) is 23.6 Å². The van der Waals surface area contributed by atoms with Gasteiger partial charge in [0.15, 0.2) is 5.65 Å². The van der Waals surface area contributed by atoms with Crippen LogP contribution in [0.15, 0.2) is 66.9 Å². The molecule has 4 heterocycles. The molecule has 0 bridgehead atoms. The number of anilines is 1. The Kier molecular flexibility index (Phi) is 12.3. The average Bonchev–Trinajstić information content (AvgIpc) is 3.83. The van der Waals surface area contributed by atoms with Crippen LogP contribution in [0.5, 0.6) is 0 Å². The lowest BCUT2D eigenvalue weighted by Gasteiger charge is -2.27. The largest absolute Gasteiger partial charge is 0.416 e. The lowest BCUT2D eigenvalue weighted by molar-refractivity contribution is -0.138. The van der Waals surface area contributed by atoms with Crippen molar-refractivity contribution in [3.05, 3.63) is 89.1 Å². The third-order valence-electron chi connectivity index (χ3n) is 10.1. The maximum Gasteiger partial charge on any atom is 0.416 e. The number of hydrogen-bond donors (Lipinski definition) is 4. The number of rotatable bonds is 16. The predicted octanol–water partition coefficient (Wildman–Crippen LogP) is 3.24. The Morgan fingerprint density at radius 1 is 0.852 bits per heavy atom. The van der Waals surface area contributed by atoms with Crippen molar-refractivity contribution < 1.29 is 56.2 Å². The molecule has 2 aliphatic rings. The van der Waals surface area contributed by atoms with Crippen LogP contribution in [0.2, 0.25) is 0 Å². The first kappa shape index (κ1) is 42.2. The zero-order valence-corrected chi connectivity index (χ0v) is 32.6. The zero-order chi connectivity index (χ0) is 43.4. The number of benzene rings is 3. The number of nitrogens with zero attached hydrogens (tertiary/aromatic N) is 4. The SMILES string of the molecule is Cn1cc2c3cc(C(=O)NCCNC(=O)CCOCCOCCC(=O)Nc4cccc5c4C(=O)N(C4CCC(=O)NC4=O)C5=O)ccc3n(-c3ccc(C(F)(F)F)cc3)c2n1. The molecule has 318 valence electrons. The molecule has 1 fully saturated rings. The number of carbonyl (C=O) groups excluding carboxylic acids is 7. The summed E-state index contributed by atoms with van der Waals surface area (Å²) in [6.07, 6.45) is -2.74. The van der Waals surface area contributed by atoms with Gasteiger partial charge in [0, 0.05) is 61.2 Å². The van der Waals surface area contributed by atoms with Crippen molar-refractivity contribution >= 4 is 69.0 Å². The standard InChI is InChI=1S/C41H39F3N8O9/c1-50-22-28-27-21-23(5-10-30(27)51(36(28)49-50)25-8-6-24(7-9-25)41(42,43)44)37(56)46-16-15-45-32(53)13-17-60-19-20-61-18-14-34(55)47-29-4-2-3-26-35(29)40(59)52(39(26)58)31-11-12-33(54)48-38(31)57/h2-10,21-22,31H,11-20H2,1H3,(H,45,53)(H,46,56)(H,47,55)(H,48,54,57). The van der Waals surface area contributed by atoms with E-state index in [1.807, 2.05) is 0 Å². The Bertz CT molecular complexity index is 2570. The number of halogens is 3. The molecule has 7 amide bonds. The van der Waals surface area contributed by atoms with Gasteiger partial charge in [-0.1, -0.05) is 6.07 Å². The number of aryl methyl sites for hydroxylation is 1. The van der Waals surface area contributed by atoms with Crippen molar-refractivity contribution in [2.45, 2.75) is 37.9 Å². The Balaban J connectivity index is 0.784. The highest BCUT2D eigenvalue weighted by Crippen LogP contribution is 2.35. The van der Waals surface area contributed by atoms with Gasteiger partial charge in [-0.05, 0) is 61.0 Å². The van der Waals surface area contributed by atoms with Gasteiger partial charge < -0.3 is 25.4 Å². The van der Waals surface area contributed by atoms with Crippen molar-refractivity contribution in [2.24, 2.45) is 7.05 Å². The van der Waals surface area contributed by atoms with Gasteiger partial charge in [-0.2, -0.15) is 18.3 Å². The van der Waals surface area contributed by atoms with Crippen molar-refractivity contribution in [2.75, 3.05) is 44.8 Å². The minimum atomic E-state index is -4.47. The van der Waals surface area contributed by atoms with Crippen LogP contribution in [0.3, 0.4) is 0 Å². The van der Waals surface area contributed by atoms with Gasteiger partial charge in [-0.25, -0.2) is 0 Å². The zero-order valence-electron chi connectivity index (χ0n) is 32.6. The van der Waals surface area contributed by atoms with Crippen LogP contribution in [0.4, 0.5) is 18.9 Å². The number of nitrogens with one attached hydrogen (secondary N) is 4. The number of ether oxygens (including phenoxy) is 2. The number of alkyl halides is 3. The molecule has 1 atom stereocenters. The molecule has 0 radical (unpaired) electrons. The second kappa shape index (κ2) is 17.7. The minimum absolute atomic E-state index is 0.00598. The summed E-state index contributed by atoms with van der Waals surface area (Å²) in [6.45, 7) is 0.688. The van der Waals surface area contributed by atoms with E-state index in [2.05, 4.69) is 26.4 Å². The number of hydrogen-bond acceptors (Lipinski definition) is 10. The Labute approximate surface area is 344 Å². The summed E-state index contributed by atoms with van der Waals surface area (Å²) in [4.78, 5) is 88.9. The summed E-state index contributed by atoms with van der Waals surface area (Å²) >= 11 is 0. The molecule has 17 nitrogen and oxygen atoms in total. The van der Waals surface area contributed by atoms with E-state index >= 15 is 0 Å². The second-order valence-corrected chi connectivity index (χ2v) is 14.2. The van der Waals surface area contributed by atoms with Gasteiger partial charge in [0.1, 0.15) is 6.04 Å². The van der Waals surface area contributed by atoms with E-state index in [1.165, 1.54) is 30.3 Å². The van der Waals surface area contributed by atoms with Gasteiger partial charge >= 0.3 is 6.18 Å². The summed E-state index contributed by atoms with van der Waals surface area (Å²) in [5, 5.41) is 16.1. The molecule has 5 aromatic rings. The van der Waals surface area contributed by atoms with E-state index in [0.29, 0.717) is 33.2 Å². The first-order chi connectivity index (χ1) is 29.2. The summed E-state index contributed by atoms with van der Waals surface area (Å²) < 4.78 is 53.7. The van der Waals surface area contributed by atoms with Crippen LogP contribution in [-0.2, 0) is 41.9 Å². The smallest absolute Gasteiger partial charge is 0.379 e. The van der Waals surface area contributed by atoms with Crippen LogP contribution in [0.1, 0.15) is 62.3 Å². The van der Waals surface area contributed by atoms with Crippen molar-refractivity contribution in [3.63, 3.8) is 0 Å². The van der Waals surface area contributed by atoms with Gasteiger partial charge in [0.25, 0.3) is 17.7 Å². The Hall–Kier alpha value is -6.93. The number of carbonyl (C=O) groups is 7. The van der Waals surface area contributed by atoms with Gasteiger partial charge in [0.05, 0.1) is 60.7 Å².